The van der Waals surface area contributed by atoms with Crippen LogP contribution in [0.15, 0.2) is 61.1 Å². The van der Waals surface area contributed by atoms with Crippen molar-refractivity contribution in [3.05, 3.63) is 77.7 Å². The Kier molecular flexibility index (Phi) is 4.55. The van der Waals surface area contributed by atoms with Gasteiger partial charge in [0.2, 0.25) is 0 Å². The van der Waals surface area contributed by atoms with Crippen molar-refractivity contribution < 1.29 is 26.0 Å². The number of benzene rings is 2. The van der Waals surface area contributed by atoms with Gasteiger partial charge in [0.15, 0.2) is 0 Å². The zero-order valence-electron chi connectivity index (χ0n) is 32.7. The van der Waals surface area contributed by atoms with E-state index in [0.29, 0.717) is 29.1 Å². The van der Waals surface area contributed by atoms with Gasteiger partial charge in [-0.1, -0.05) is 6.07 Å². The number of rotatable bonds is 10. The molecule has 4 aromatic rings. The molecule has 37 heavy (non-hydrogen) atoms. The fourth-order valence-electron chi connectivity index (χ4n) is 3.63. The monoisotopic (exact) mass is 512 g/mol. The van der Waals surface area contributed by atoms with Crippen molar-refractivity contribution >= 4 is 5.91 Å². The van der Waals surface area contributed by atoms with Gasteiger partial charge in [-0.15, -0.1) is 0 Å². The van der Waals surface area contributed by atoms with E-state index in [1.54, 1.807) is 19.1 Å². The molecule has 2 aromatic heterocycles. The quantitative estimate of drug-likeness (QED) is 0.333. The average molecular weight is 513 g/mol. The molecule has 8 heteroatoms. The van der Waals surface area contributed by atoms with Crippen LogP contribution in [0.25, 0.3) is 22.4 Å². The average Bonchev–Trinajstić information content (AvgIpc) is 3.68. The topological polar surface area (TPSA) is 77.2 Å². The molecule has 0 spiro atoms. The molecule has 1 amide bonds. The Morgan fingerprint density at radius 3 is 2.84 bits per heavy atom. The summed E-state index contributed by atoms with van der Waals surface area (Å²) in [5.74, 6) is -0.510. The third kappa shape index (κ3) is 6.46. The minimum atomic E-state index is -3.17. The number of ether oxygens (including phenoxy) is 1. The Balaban J connectivity index is 1.85. The van der Waals surface area contributed by atoms with Gasteiger partial charge in [-0.2, -0.15) is 10.2 Å². The predicted molar refractivity (Wildman–Crippen MR) is 147 cm³/mol. The number of nitrogens with zero attached hydrogens (tertiary/aromatic N) is 5. The fourth-order valence-corrected chi connectivity index (χ4v) is 3.63. The van der Waals surface area contributed by atoms with E-state index in [1.807, 2.05) is 19.0 Å². The number of hydrogen-bond donors (Lipinski definition) is 1. The number of nitrogens with one attached hydrogen (secondary N) is 1. The molecule has 0 bridgehead atoms. The lowest BCUT2D eigenvalue weighted by Gasteiger charge is -2.18. The lowest BCUT2D eigenvalue weighted by atomic mass is 9.96. The molecular formula is C29H36N6O2. The van der Waals surface area contributed by atoms with Crippen molar-refractivity contribution in [1.82, 2.24) is 29.8 Å². The Bertz CT molecular complexity index is 1810. The Hall–Kier alpha value is -3.91. The van der Waals surface area contributed by atoms with E-state index < -0.39 is 39.1 Å². The van der Waals surface area contributed by atoms with Crippen LogP contribution in [0.5, 0.6) is 5.75 Å². The van der Waals surface area contributed by atoms with Crippen LogP contribution in [0.2, 0.25) is 0 Å². The van der Waals surface area contributed by atoms with Crippen LogP contribution in [0.3, 0.4) is 0 Å². The van der Waals surface area contributed by atoms with Crippen molar-refractivity contribution in [3.63, 3.8) is 0 Å². The van der Waals surface area contributed by atoms with Crippen molar-refractivity contribution in [2.45, 2.75) is 33.1 Å². The van der Waals surface area contributed by atoms with Crippen LogP contribution >= 0.6 is 0 Å². The number of likely N-dealkylation sites (N-methyl/N-ethyl adjacent to an activating group) is 1. The maximum absolute atomic E-state index is 13.7. The molecule has 0 saturated heterocycles. The highest BCUT2D eigenvalue weighted by molar-refractivity contribution is 5.96. The van der Waals surface area contributed by atoms with E-state index in [0.717, 1.165) is 10.9 Å². The lowest BCUT2D eigenvalue weighted by Crippen LogP contribution is -2.27. The van der Waals surface area contributed by atoms with Gasteiger partial charge in [0.25, 0.3) is 5.91 Å². The van der Waals surface area contributed by atoms with Crippen LogP contribution in [0.4, 0.5) is 0 Å². The van der Waals surface area contributed by atoms with Gasteiger partial charge < -0.3 is 15.0 Å². The Labute approximate surface area is 235 Å². The second kappa shape index (κ2) is 11.4. The van der Waals surface area contributed by atoms with Crippen molar-refractivity contribution in [2.24, 2.45) is 6.98 Å². The van der Waals surface area contributed by atoms with Gasteiger partial charge in [-0.05, 0) is 87.8 Å². The number of aromatic nitrogens is 4. The lowest BCUT2D eigenvalue weighted by molar-refractivity contribution is 0.0938. The van der Waals surface area contributed by atoms with E-state index in [9.17, 15) is 6.17 Å². The van der Waals surface area contributed by atoms with Crippen molar-refractivity contribution in [3.8, 4) is 28.1 Å². The molecule has 0 unspecified atom stereocenters. The van der Waals surface area contributed by atoms with E-state index >= 15 is 0 Å². The highest BCUT2D eigenvalue weighted by atomic mass is 16.5. The van der Waals surface area contributed by atoms with Gasteiger partial charge in [0.1, 0.15) is 12.4 Å². The van der Waals surface area contributed by atoms with Crippen molar-refractivity contribution in [1.29, 1.82) is 0 Å². The summed E-state index contributed by atoms with van der Waals surface area (Å²) in [4.78, 5) is 15.6. The molecule has 1 N–H and O–H groups in total. The van der Waals surface area contributed by atoms with Crippen molar-refractivity contribution in [2.75, 3.05) is 27.2 Å². The minimum Gasteiger partial charge on any atom is -0.492 e. The molecule has 2 aromatic carbocycles. The first kappa shape index (κ1) is 14.7. The third-order valence-electron chi connectivity index (χ3n) is 5.64. The third-order valence-corrected chi connectivity index (χ3v) is 5.64. The Morgan fingerprint density at radius 2 is 2.08 bits per heavy atom. The van der Waals surface area contributed by atoms with Gasteiger partial charge in [-0.3, -0.25) is 14.2 Å². The van der Waals surface area contributed by atoms with Crippen LogP contribution in [-0.4, -0.2) is 57.6 Å². The molecule has 0 aliphatic rings. The predicted octanol–water partition coefficient (Wildman–Crippen LogP) is 4.71. The molecule has 8 nitrogen and oxygen atoms in total. The molecule has 0 aliphatic heterocycles. The number of carbonyl (C=O) groups is 1. The largest absolute Gasteiger partial charge is 0.492 e. The van der Waals surface area contributed by atoms with Crippen LogP contribution in [0.1, 0.15) is 57.7 Å². The molecule has 0 saturated carbocycles. The second-order valence-electron chi connectivity index (χ2n) is 8.69. The minimum absolute atomic E-state index is 0.0112. The second-order valence-corrected chi connectivity index (χ2v) is 8.69. The first-order valence-corrected chi connectivity index (χ1v) is 11.4. The Morgan fingerprint density at radius 1 is 1.22 bits per heavy atom. The van der Waals surface area contributed by atoms with E-state index in [1.165, 1.54) is 42.7 Å². The van der Waals surface area contributed by atoms with Crippen LogP contribution < -0.4 is 10.1 Å². The molecule has 1 atom stereocenters. The molecule has 0 fully saturated rings. The zero-order valence-corrected chi connectivity index (χ0v) is 20.7. The summed E-state index contributed by atoms with van der Waals surface area (Å²) >= 11 is 0. The summed E-state index contributed by atoms with van der Waals surface area (Å²) in [6.45, 7) is -9.21. The fraction of sp³-hybridized carbons (Fsp3) is 0.345. The number of carbonyl (C=O) groups excluding carboxylic acids is 1. The zero-order chi connectivity index (χ0) is 36.7. The molecule has 4 rings (SSSR count). The number of amides is 1. The van der Waals surface area contributed by atoms with E-state index in [-0.39, 0.29) is 33.5 Å². The molecule has 194 valence electrons. The van der Waals surface area contributed by atoms with Crippen LogP contribution in [0, 0.1) is 6.92 Å². The number of aryl methyl sites for hydroxylation is 3. The van der Waals surface area contributed by atoms with Gasteiger partial charge >= 0.3 is 0 Å². The first-order valence-electron chi connectivity index (χ1n) is 17.4. The summed E-state index contributed by atoms with van der Waals surface area (Å²) < 4.78 is 103. The highest BCUT2D eigenvalue weighted by Gasteiger charge is 2.17. The number of hydrogen-bond acceptors (Lipinski definition) is 5. The van der Waals surface area contributed by atoms with E-state index in [4.69, 9.17) is 19.8 Å². The summed E-state index contributed by atoms with van der Waals surface area (Å²) in [5, 5.41) is 10.4. The summed E-state index contributed by atoms with van der Waals surface area (Å²) in [7, 11) is 3.75. The standard InChI is InChI=1S/C29H36N6O2/c1-7-35-11-10-28(32-35)24-15-22(14-23(16-24)25-18-30-34(6)19-25)21(3)31-29(36)27-17-26(9-8-20(27)2)37-13-12-33(4)5/h8-11,14-19,21H,7,12-13H2,1-6H3,(H,31,36)/t21-/m1/s1/i1D3,3D3,6D3,7D2,21D. The van der Waals surface area contributed by atoms with E-state index in [2.05, 4.69) is 15.5 Å². The summed E-state index contributed by atoms with van der Waals surface area (Å²) in [6.07, 6.45) is 3.54. The SMILES string of the molecule is [2H]C([2H])([2H])n1cc(-c2cc(-c3ccn(C([2H])([2H])C([2H])([2H])[2H])n3)cc([C@]([2H])(NC(=O)c3cc(OCCN(C)C)ccc3C)C([2H])([2H])[2H])c2)cn1. The normalized spacial score (nSPS) is 19.1. The molecule has 2 heterocycles. The molecular weight excluding hydrogens is 464 g/mol. The van der Waals surface area contributed by atoms with Gasteiger partial charge in [0.05, 0.1) is 22.0 Å². The molecule has 0 aliphatic carbocycles. The van der Waals surface area contributed by atoms with Gasteiger partial charge in [-0.25, -0.2) is 0 Å². The first-order chi connectivity index (χ1) is 22.4. The van der Waals surface area contributed by atoms with Gasteiger partial charge in [0, 0.05) is 61.4 Å². The molecule has 0 radical (unpaired) electrons. The summed E-state index contributed by atoms with van der Waals surface area (Å²) in [6, 6.07) is 7.32. The van der Waals surface area contributed by atoms with Crippen LogP contribution in [-0.2, 0) is 13.5 Å². The maximum Gasteiger partial charge on any atom is 0.252 e. The maximum atomic E-state index is 13.7. The smallest absolute Gasteiger partial charge is 0.252 e. The summed E-state index contributed by atoms with van der Waals surface area (Å²) in [5.41, 5.74) is 0.858. The highest BCUT2D eigenvalue weighted by Crippen LogP contribution is 2.30.